The zero-order valence-electron chi connectivity index (χ0n) is 15.0. The smallest absolute Gasteiger partial charge is 0.323 e. The molecule has 1 heterocycles. The molecule has 0 radical (unpaired) electrons. The van der Waals surface area contributed by atoms with E-state index in [4.69, 9.17) is 11.6 Å². The number of rotatable bonds is 3. The normalized spacial score (nSPS) is 25.2. The Morgan fingerprint density at radius 3 is 2.71 bits per heavy atom. The first kappa shape index (κ1) is 20.4. The summed E-state index contributed by atoms with van der Waals surface area (Å²) in [6.07, 6.45) is -1.78. The second kappa shape index (κ2) is 7.27. The third-order valence-electron chi connectivity index (χ3n) is 5.39. The van der Waals surface area contributed by atoms with E-state index in [0.717, 1.165) is 36.3 Å². The molecular formula is C18H19ClF3N3O3. The number of alkyl halides is 3. The minimum Gasteiger partial charge on any atom is -0.323 e. The lowest BCUT2D eigenvalue weighted by Gasteiger charge is -2.36. The first-order chi connectivity index (χ1) is 13.1. The molecule has 0 unspecified atom stereocenters. The lowest BCUT2D eigenvalue weighted by Crippen LogP contribution is -2.54. The molecule has 1 saturated heterocycles. The van der Waals surface area contributed by atoms with Crippen LogP contribution in [-0.4, -0.2) is 34.8 Å². The Hall–Kier alpha value is -2.29. The molecular weight excluding hydrogens is 399 g/mol. The van der Waals surface area contributed by atoms with Gasteiger partial charge in [-0.3, -0.25) is 14.5 Å². The fourth-order valence-corrected chi connectivity index (χ4v) is 4.07. The van der Waals surface area contributed by atoms with Crippen LogP contribution in [0.15, 0.2) is 18.2 Å². The van der Waals surface area contributed by atoms with E-state index in [0.29, 0.717) is 6.42 Å². The molecule has 1 spiro atoms. The number of amides is 4. The molecule has 0 aromatic heterocycles. The standard InChI is InChI=1S/C18H19ClF3N3O3/c1-10-5-2-3-8-17(10)15(27)25(16(28)24-17)9-13(26)23-14-11(18(20,21)22)6-4-7-12(14)19/h4,6-7,10H,2-3,5,8-9H2,1H3,(H,23,26)(H,24,28)/t10-,17+/m1/s1. The number of nitrogens with one attached hydrogen (secondary N) is 2. The molecule has 10 heteroatoms. The van der Waals surface area contributed by atoms with Gasteiger partial charge in [-0.15, -0.1) is 0 Å². The van der Waals surface area contributed by atoms with Crippen LogP contribution in [0.5, 0.6) is 0 Å². The number of imide groups is 1. The van der Waals surface area contributed by atoms with Crippen molar-refractivity contribution < 1.29 is 27.6 Å². The minimum absolute atomic E-state index is 0.0915. The summed E-state index contributed by atoms with van der Waals surface area (Å²) in [5.74, 6) is -1.55. The number of carbonyl (C=O) groups is 3. The van der Waals surface area contributed by atoms with Gasteiger partial charge in [-0.2, -0.15) is 13.2 Å². The average molecular weight is 418 g/mol. The Balaban J connectivity index is 1.78. The van der Waals surface area contributed by atoms with Gasteiger partial charge >= 0.3 is 12.2 Å². The van der Waals surface area contributed by atoms with Crippen molar-refractivity contribution in [1.29, 1.82) is 0 Å². The van der Waals surface area contributed by atoms with Crippen LogP contribution in [0.25, 0.3) is 0 Å². The van der Waals surface area contributed by atoms with E-state index in [1.54, 1.807) is 0 Å². The fourth-order valence-electron chi connectivity index (χ4n) is 3.85. The van der Waals surface area contributed by atoms with Gasteiger partial charge in [0.25, 0.3) is 5.91 Å². The molecule has 2 N–H and O–H groups in total. The summed E-state index contributed by atoms with van der Waals surface area (Å²) in [5, 5.41) is 4.48. The van der Waals surface area contributed by atoms with E-state index in [9.17, 15) is 27.6 Å². The zero-order chi connectivity index (χ0) is 20.7. The number of hydrogen-bond donors (Lipinski definition) is 2. The van der Waals surface area contributed by atoms with Gasteiger partial charge in [0.2, 0.25) is 5.91 Å². The molecule has 1 aliphatic carbocycles. The van der Waals surface area contributed by atoms with Gasteiger partial charge in [0, 0.05) is 0 Å². The molecule has 4 amide bonds. The highest BCUT2D eigenvalue weighted by Gasteiger charge is 2.55. The monoisotopic (exact) mass is 417 g/mol. The highest BCUT2D eigenvalue weighted by atomic mass is 35.5. The Morgan fingerprint density at radius 1 is 1.36 bits per heavy atom. The van der Waals surface area contributed by atoms with Crippen LogP contribution in [0.4, 0.5) is 23.7 Å². The molecule has 3 rings (SSSR count). The summed E-state index contributed by atoms with van der Waals surface area (Å²) in [6.45, 7) is 1.17. The van der Waals surface area contributed by atoms with E-state index in [-0.39, 0.29) is 10.9 Å². The van der Waals surface area contributed by atoms with Gasteiger partial charge in [-0.1, -0.05) is 37.4 Å². The summed E-state index contributed by atoms with van der Waals surface area (Å²) in [6, 6.07) is 2.39. The van der Waals surface area contributed by atoms with Crippen LogP contribution in [0.3, 0.4) is 0 Å². The maximum Gasteiger partial charge on any atom is 0.418 e. The minimum atomic E-state index is -4.73. The molecule has 1 aliphatic heterocycles. The van der Waals surface area contributed by atoms with E-state index in [2.05, 4.69) is 10.6 Å². The molecule has 2 atom stereocenters. The first-order valence-corrected chi connectivity index (χ1v) is 9.24. The summed E-state index contributed by atoms with van der Waals surface area (Å²) in [5.41, 5.74) is -2.76. The predicted molar refractivity (Wildman–Crippen MR) is 95.7 cm³/mol. The lowest BCUT2D eigenvalue weighted by molar-refractivity contribution is -0.138. The molecule has 1 aromatic rings. The van der Waals surface area contributed by atoms with Gasteiger partial charge in [0.15, 0.2) is 0 Å². The Bertz CT molecular complexity index is 830. The summed E-state index contributed by atoms with van der Waals surface area (Å²) < 4.78 is 39.5. The van der Waals surface area contributed by atoms with E-state index >= 15 is 0 Å². The van der Waals surface area contributed by atoms with Crippen LogP contribution >= 0.6 is 11.6 Å². The Kier molecular flexibility index (Phi) is 5.31. The van der Waals surface area contributed by atoms with Crippen LogP contribution < -0.4 is 10.6 Å². The van der Waals surface area contributed by atoms with Gasteiger partial charge in [-0.05, 0) is 30.9 Å². The fraction of sp³-hybridized carbons (Fsp3) is 0.500. The first-order valence-electron chi connectivity index (χ1n) is 8.86. The Labute approximate surface area is 164 Å². The maximum absolute atomic E-state index is 13.2. The van der Waals surface area contributed by atoms with Crippen molar-refractivity contribution in [3.8, 4) is 0 Å². The number of para-hydroxylation sites is 1. The number of benzene rings is 1. The van der Waals surface area contributed by atoms with E-state index < -0.39 is 47.4 Å². The Morgan fingerprint density at radius 2 is 2.07 bits per heavy atom. The van der Waals surface area contributed by atoms with Crippen molar-refractivity contribution in [2.75, 3.05) is 11.9 Å². The number of nitrogens with zero attached hydrogens (tertiary/aromatic N) is 1. The number of anilines is 1. The van der Waals surface area contributed by atoms with Crippen LogP contribution in [0.1, 0.15) is 38.2 Å². The lowest BCUT2D eigenvalue weighted by atomic mass is 9.73. The quantitative estimate of drug-likeness (QED) is 0.734. The molecule has 2 aliphatic rings. The highest BCUT2D eigenvalue weighted by Crippen LogP contribution is 2.39. The highest BCUT2D eigenvalue weighted by molar-refractivity contribution is 6.34. The van der Waals surface area contributed by atoms with Crippen molar-refractivity contribution in [3.63, 3.8) is 0 Å². The van der Waals surface area contributed by atoms with Crippen LogP contribution in [-0.2, 0) is 15.8 Å². The molecule has 1 aromatic carbocycles. The number of carbonyl (C=O) groups excluding carboxylic acids is 3. The van der Waals surface area contributed by atoms with Crippen molar-refractivity contribution in [2.24, 2.45) is 5.92 Å². The number of halogens is 4. The second-order valence-electron chi connectivity index (χ2n) is 7.15. The second-order valence-corrected chi connectivity index (χ2v) is 7.56. The van der Waals surface area contributed by atoms with Crippen molar-refractivity contribution in [1.82, 2.24) is 10.2 Å². The van der Waals surface area contributed by atoms with Crippen molar-refractivity contribution in [2.45, 2.75) is 44.3 Å². The zero-order valence-corrected chi connectivity index (χ0v) is 15.8. The predicted octanol–water partition coefficient (Wildman–Crippen LogP) is 3.80. The largest absolute Gasteiger partial charge is 0.418 e. The van der Waals surface area contributed by atoms with Crippen LogP contribution in [0, 0.1) is 5.92 Å². The third kappa shape index (κ3) is 3.55. The molecule has 2 fully saturated rings. The summed E-state index contributed by atoms with van der Waals surface area (Å²) in [4.78, 5) is 38.2. The molecule has 1 saturated carbocycles. The average Bonchev–Trinajstić information content (AvgIpc) is 2.83. The van der Waals surface area contributed by atoms with Crippen molar-refractivity contribution >= 4 is 35.1 Å². The van der Waals surface area contributed by atoms with E-state index in [1.807, 2.05) is 6.92 Å². The van der Waals surface area contributed by atoms with Gasteiger partial charge in [0.05, 0.1) is 16.3 Å². The third-order valence-corrected chi connectivity index (χ3v) is 5.70. The SMILES string of the molecule is C[C@@H]1CCCC[C@]12NC(=O)N(CC(=O)Nc1c(Cl)cccc1C(F)(F)F)C2=O. The van der Waals surface area contributed by atoms with E-state index in [1.165, 1.54) is 6.07 Å². The van der Waals surface area contributed by atoms with Crippen molar-refractivity contribution in [3.05, 3.63) is 28.8 Å². The van der Waals surface area contributed by atoms with Gasteiger partial charge in [-0.25, -0.2) is 4.79 Å². The maximum atomic E-state index is 13.2. The topological polar surface area (TPSA) is 78.5 Å². The molecule has 152 valence electrons. The molecule has 28 heavy (non-hydrogen) atoms. The number of urea groups is 1. The molecule has 6 nitrogen and oxygen atoms in total. The molecule has 0 bridgehead atoms. The van der Waals surface area contributed by atoms with Gasteiger partial charge < -0.3 is 10.6 Å². The number of hydrogen-bond acceptors (Lipinski definition) is 3. The van der Waals surface area contributed by atoms with Crippen LogP contribution in [0.2, 0.25) is 5.02 Å². The van der Waals surface area contributed by atoms with Gasteiger partial charge in [0.1, 0.15) is 12.1 Å². The summed E-state index contributed by atoms with van der Waals surface area (Å²) >= 11 is 5.81. The summed E-state index contributed by atoms with van der Waals surface area (Å²) in [7, 11) is 0.